The predicted octanol–water partition coefficient (Wildman–Crippen LogP) is 2.82. The van der Waals surface area contributed by atoms with Gasteiger partial charge >= 0.3 is 0 Å². The van der Waals surface area contributed by atoms with Crippen LogP contribution >= 0.6 is 0 Å². The van der Waals surface area contributed by atoms with Gasteiger partial charge in [-0.3, -0.25) is 4.79 Å². The highest BCUT2D eigenvalue weighted by Crippen LogP contribution is 2.27. The fourth-order valence-corrected chi connectivity index (χ4v) is 3.27. The number of hydrogen-bond acceptors (Lipinski definition) is 2. The molecule has 3 heteroatoms. The van der Waals surface area contributed by atoms with Gasteiger partial charge in [-0.05, 0) is 31.9 Å². The van der Waals surface area contributed by atoms with Crippen molar-refractivity contribution < 1.29 is 9.00 Å². The van der Waals surface area contributed by atoms with Crippen LogP contribution in [0.4, 0.5) is 0 Å². The van der Waals surface area contributed by atoms with Gasteiger partial charge in [-0.2, -0.15) is 0 Å². The molecule has 0 saturated heterocycles. The molecule has 1 aromatic carbocycles. The van der Waals surface area contributed by atoms with Gasteiger partial charge in [0.15, 0.2) is 5.78 Å². The van der Waals surface area contributed by atoms with E-state index in [1.165, 1.54) is 0 Å². The van der Waals surface area contributed by atoms with Gasteiger partial charge in [0.05, 0.1) is 10.8 Å². The van der Waals surface area contributed by atoms with E-state index in [0.717, 1.165) is 22.6 Å². The molecule has 1 aliphatic rings. The van der Waals surface area contributed by atoms with Crippen LogP contribution in [0.5, 0.6) is 0 Å². The Labute approximate surface area is 97.8 Å². The molecule has 0 aliphatic heterocycles. The lowest BCUT2D eigenvalue weighted by atomic mass is 9.99. The van der Waals surface area contributed by atoms with Crippen molar-refractivity contribution in [2.24, 2.45) is 0 Å². The van der Waals surface area contributed by atoms with Gasteiger partial charge in [0, 0.05) is 21.8 Å². The van der Waals surface area contributed by atoms with E-state index in [1.807, 2.05) is 30.3 Å². The largest absolute Gasteiger partial charge is 0.295 e. The van der Waals surface area contributed by atoms with Crippen LogP contribution in [-0.4, -0.2) is 9.99 Å². The average Bonchev–Trinajstić information content (AvgIpc) is 2.33. The Morgan fingerprint density at radius 2 is 1.81 bits per heavy atom. The molecule has 2 nitrogen and oxygen atoms in total. The minimum atomic E-state index is -1.16. The number of ketones is 1. The summed E-state index contributed by atoms with van der Waals surface area (Å²) in [7, 11) is -1.16. The van der Waals surface area contributed by atoms with Gasteiger partial charge in [-0.1, -0.05) is 18.2 Å². The monoisotopic (exact) mass is 234 g/mol. The van der Waals surface area contributed by atoms with Crippen molar-refractivity contribution in [2.45, 2.75) is 31.1 Å². The molecule has 1 aromatic rings. The van der Waals surface area contributed by atoms with E-state index >= 15 is 0 Å². The highest BCUT2D eigenvalue weighted by Gasteiger charge is 2.21. The van der Waals surface area contributed by atoms with Gasteiger partial charge in [-0.15, -0.1) is 0 Å². The average molecular weight is 234 g/mol. The highest BCUT2D eigenvalue weighted by atomic mass is 32.2. The lowest BCUT2D eigenvalue weighted by molar-refractivity contribution is -0.115. The molecule has 1 unspecified atom stereocenters. The van der Waals surface area contributed by atoms with E-state index in [2.05, 4.69) is 0 Å². The van der Waals surface area contributed by atoms with Crippen molar-refractivity contribution in [1.29, 1.82) is 0 Å². The lowest BCUT2D eigenvalue weighted by Gasteiger charge is -2.16. The maximum atomic E-state index is 12.3. The molecule has 0 radical (unpaired) electrons. The summed E-state index contributed by atoms with van der Waals surface area (Å²) in [5, 5.41) is 0. The Bertz CT molecular complexity index is 460. The predicted molar refractivity (Wildman–Crippen MR) is 64.4 cm³/mol. The molecule has 0 heterocycles. The number of allylic oxidation sites excluding steroid dienone is 2. The lowest BCUT2D eigenvalue weighted by Crippen LogP contribution is -2.12. The summed E-state index contributed by atoms with van der Waals surface area (Å²) < 4.78 is 12.3. The Morgan fingerprint density at radius 1 is 1.12 bits per heavy atom. The minimum absolute atomic E-state index is 0.144. The van der Waals surface area contributed by atoms with Gasteiger partial charge in [-0.25, -0.2) is 4.21 Å². The molecule has 1 atom stereocenters. The molecule has 1 aliphatic carbocycles. The summed E-state index contributed by atoms with van der Waals surface area (Å²) in [5.41, 5.74) is 0.702. The molecule has 0 bridgehead atoms. The third kappa shape index (κ3) is 2.14. The van der Waals surface area contributed by atoms with Gasteiger partial charge in [0.25, 0.3) is 0 Å². The number of carbonyl (C=O) groups excluding carboxylic acids is 1. The maximum Gasteiger partial charge on any atom is 0.159 e. The molecule has 0 aromatic heterocycles. The summed E-state index contributed by atoms with van der Waals surface area (Å²) in [6.45, 7) is 1.79. The zero-order valence-corrected chi connectivity index (χ0v) is 10.0. The van der Waals surface area contributed by atoms with Crippen LogP contribution in [0.25, 0.3) is 0 Å². The summed E-state index contributed by atoms with van der Waals surface area (Å²) in [6, 6.07) is 9.32. The van der Waals surface area contributed by atoms with Crippen molar-refractivity contribution in [2.75, 3.05) is 0 Å². The van der Waals surface area contributed by atoms with Gasteiger partial charge in [0.1, 0.15) is 0 Å². The van der Waals surface area contributed by atoms with E-state index < -0.39 is 10.8 Å². The van der Waals surface area contributed by atoms with Crippen LogP contribution in [0.1, 0.15) is 26.2 Å². The van der Waals surface area contributed by atoms with Crippen molar-refractivity contribution in [3.05, 3.63) is 40.8 Å². The third-order valence-electron chi connectivity index (χ3n) is 2.83. The van der Waals surface area contributed by atoms with Crippen molar-refractivity contribution >= 4 is 16.6 Å². The zero-order valence-electron chi connectivity index (χ0n) is 9.23. The number of carbonyl (C=O) groups is 1. The second-order valence-electron chi connectivity index (χ2n) is 3.91. The van der Waals surface area contributed by atoms with Crippen LogP contribution < -0.4 is 0 Å². The fraction of sp³-hybridized carbons (Fsp3) is 0.308. The molecule has 0 saturated carbocycles. The Morgan fingerprint density at radius 3 is 2.50 bits per heavy atom. The molecule has 0 spiro atoms. The molecular formula is C13H14O2S. The normalized spacial score (nSPS) is 18.7. The van der Waals surface area contributed by atoms with Gasteiger partial charge < -0.3 is 0 Å². The Balaban J connectivity index is 2.36. The number of rotatable bonds is 2. The van der Waals surface area contributed by atoms with Crippen LogP contribution in [0.2, 0.25) is 0 Å². The van der Waals surface area contributed by atoms with Crippen molar-refractivity contribution in [1.82, 2.24) is 0 Å². The Hall–Kier alpha value is -1.22. The number of Topliss-reactive ketones (excluding diaryl/α,β-unsaturated/α-hetero) is 1. The first-order valence-corrected chi connectivity index (χ1v) is 6.55. The minimum Gasteiger partial charge on any atom is -0.295 e. The second kappa shape index (κ2) is 4.74. The standard InChI is InChI=1S/C13H14O2S/c1-10-12(14)8-5-9-13(10)16(15)11-6-3-2-4-7-11/h2-4,6-7H,5,8-9H2,1H3. The van der Waals surface area contributed by atoms with Crippen LogP contribution in [-0.2, 0) is 15.6 Å². The molecular weight excluding hydrogens is 220 g/mol. The summed E-state index contributed by atoms with van der Waals surface area (Å²) in [6.07, 6.45) is 2.20. The summed E-state index contributed by atoms with van der Waals surface area (Å²) in [4.78, 5) is 13.1. The van der Waals surface area contributed by atoms with E-state index in [4.69, 9.17) is 0 Å². The highest BCUT2D eigenvalue weighted by molar-refractivity contribution is 7.89. The second-order valence-corrected chi connectivity index (χ2v) is 5.41. The van der Waals surface area contributed by atoms with Crippen LogP contribution in [0.15, 0.2) is 45.7 Å². The molecule has 84 valence electrons. The number of benzene rings is 1. The first-order chi connectivity index (χ1) is 7.70. The molecule has 2 rings (SSSR count). The van der Waals surface area contributed by atoms with E-state index in [9.17, 15) is 9.00 Å². The van der Waals surface area contributed by atoms with E-state index in [1.54, 1.807) is 6.92 Å². The summed E-state index contributed by atoms with van der Waals surface area (Å²) >= 11 is 0. The maximum absolute atomic E-state index is 12.3. The Kier molecular flexibility index (Phi) is 3.34. The quantitative estimate of drug-likeness (QED) is 0.788. The fourth-order valence-electron chi connectivity index (χ4n) is 1.86. The van der Waals surface area contributed by atoms with Crippen LogP contribution in [0, 0.1) is 0 Å². The molecule has 16 heavy (non-hydrogen) atoms. The molecule has 0 amide bonds. The number of hydrogen-bond donors (Lipinski definition) is 0. The summed E-state index contributed by atoms with van der Waals surface area (Å²) in [5.74, 6) is 0.144. The van der Waals surface area contributed by atoms with Crippen molar-refractivity contribution in [3.63, 3.8) is 0 Å². The first-order valence-electron chi connectivity index (χ1n) is 5.40. The van der Waals surface area contributed by atoms with Crippen molar-refractivity contribution in [3.8, 4) is 0 Å². The topological polar surface area (TPSA) is 34.1 Å². The third-order valence-corrected chi connectivity index (χ3v) is 4.48. The van der Waals surface area contributed by atoms with Crippen LogP contribution in [0.3, 0.4) is 0 Å². The first kappa shape index (κ1) is 11.3. The zero-order chi connectivity index (χ0) is 11.5. The molecule has 0 N–H and O–H groups in total. The smallest absolute Gasteiger partial charge is 0.159 e. The SMILES string of the molecule is CC1=C(S(=O)c2ccccc2)CCCC1=O. The van der Waals surface area contributed by atoms with Gasteiger partial charge in [0.2, 0.25) is 0 Å². The van der Waals surface area contributed by atoms with E-state index in [0.29, 0.717) is 12.0 Å². The van der Waals surface area contributed by atoms with E-state index in [-0.39, 0.29) is 5.78 Å². The molecule has 0 fully saturated rings.